The lowest BCUT2D eigenvalue weighted by Crippen LogP contribution is -2.37. The third-order valence-electron chi connectivity index (χ3n) is 5.56. The molecule has 0 spiro atoms. The third kappa shape index (κ3) is 5.15. The minimum atomic E-state index is -4.61. The van der Waals surface area contributed by atoms with Crippen LogP contribution < -0.4 is 16.6 Å². The van der Waals surface area contributed by atoms with Gasteiger partial charge in [0.05, 0.1) is 11.9 Å². The van der Waals surface area contributed by atoms with Gasteiger partial charge in [-0.1, -0.05) is 36.4 Å². The molecular formula is C24H20F3N5O5. The van der Waals surface area contributed by atoms with Gasteiger partial charge in [-0.25, -0.2) is 9.78 Å². The van der Waals surface area contributed by atoms with E-state index < -0.39 is 47.5 Å². The molecule has 0 fully saturated rings. The maximum absolute atomic E-state index is 13.1. The van der Waals surface area contributed by atoms with Crippen molar-refractivity contribution in [1.29, 1.82) is 0 Å². The van der Waals surface area contributed by atoms with Gasteiger partial charge in [-0.15, -0.1) is 0 Å². The van der Waals surface area contributed by atoms with E-state index in [-0.39, 0.29) is 22.4 Å². The summed E-state index contributed by atoms with van der Waals surface area (Å²) in [4.78, 5) is 54.6. The molecule has 0 saturated heterocycles. The predicted octanol–water partition coefficient (Wildman–Crippen LogP) is 2.38. The molecule has 2 heterocycles. The summed E-state index contributed by atoms with van der Waals surface area (Å²) in [6.45, 7) is -0.524. The summed E-state index contributed by atoms with van der Waals surface area (Å²) in [7, 11) is 2.70. The van der Waals surface area contributed by atoms with E-state index in [4.69, 9.17) is 4.74 Å². The number of halogens is 3. The Labute approximate surface area is 206 Å². The molecule has 1 N–H and O–H groups in total. The third-order valence-corrected chi connectivity index (χ3v) is 5.56. The molecular weight excluding hydrogens is 495 g/mol. The average Bonchev–Trinajstić information content (AvgIpc) is 3.28. The second kappa shape index (κ2) is 9.76. The second-order valence-corrected chi connectivity index (χ2v) is 8.10. The van der Waals surface area contributed by atoms with Crippen LogP contribution in [0.15, 0.2) is 70.5 Å². The highest BCUT2D eigenvalue weighted by molar-refractivity contribution is 5.96. The van der Waals surface area contributed by atoms with E-state index in [9.17, 15) is 32.3 Å². The van der Waals surface area contributed by atoms with Crippen LogP contribution in [0, 0.1) is 0 Å². The molecule has 0 radical (unpaired) electrons. The van der Waals surface area contributed by atoms with E-state index in [0.29, 0.717) is 0 Å². The number of hydrogen-bond acceptors (Lipinski definition) is 6. The van der Waals surface area contributed by atoms with Gasteiger partial charge < -0.3 is 14.6 Å². The topological polar surface area (TPSA) is 117 Å². The predicted molar refractivity (Wildman–Crippen MR) is 126 cm³/mol. The maximum Gasteiger partial charge on any atom is 0.416 e. The molecule has 192 valence electrons. The number of imidazole rings is 1. The lowest BCUT2D eigenvalue weighted by molar-refractivity contribution is -0.155. The van der Waals surface area contributed by atoms with Crippen molar-refractivity contribution in [3.05, 3.63) is 92.9 Å². The van der Waals surface area contributed by atoms with Gasteiger partial charge in [0, 0.05) is 25.3 Å². The largest absolute Gasteiger partial charge is 0.446 e. The van der Waals surface area contributed by atoms with Crippen LogP contribution in [0.1, 0.15) is 17.2 Å². The van der Waals surface area contributed by atoms with Gasteiger partial charge >= 0.3 is 17.8 Å². The minimum Gasteiger partial charge on any atom is -0.446 e. The second-order valence-electron chi connectivity index (χ2n) is 8.10. The first-order chi connectivity index (χ1) is 17.5. The molecule has 0 aliphatic heterocycles. The van der Waals surface area contributed by atoms with Crippen LogP contribution >= 0.6 is 0 Å². The molecule has 2 aromatic carbocycles. The summed E-state index contributed by atoms with van der Waals surface area (Å²) in [5, 5.41) is 2.35. The molecule has 2 aromatic heterocycles. The van der Waals surface area contributed by atoms with Gasteiger partial charge in [0.25, 0.3) is 11.5 Å². The number of fused-ring (bicyclic) bond motifs is 1. The van der Waals surface area contributed by atoms with Gasteiger partial charge in [-0.2, -0.15) is 13.2 Å². The standard InChI is InChI=1S/C24H20F3N5O5/c1-30-20-18(22(35)31(2)23(30)36)32(13-28-20)12-17(33)37-19(14-7-4-3-5-8-14)21(34)29-16-10-6-9-15(11-16)24(25,26)27/h3-11,13,19H,12H2,1-2H3,(H,29,34)/t19-/m1/s1. The molecule has 37 heavy (non-hydrogen) atoms. The minimum absolute atomic E-state index is 0.0220. The Morgan fingerprint density at radius 1 is 1.03 bits per heavy atom. The van der Waals surface area contributed by atoms with E-state index in [1.54, 1.807) is 18.2 Å². The van der Waals surface area contributed by atoms with Gasteiger partial charge in [-0.05, 0) is 18.2 Å². The zero-order chi connectivity index (χ0) is 26.9. The number of aromatic nitrogens is 4. The number of amides is 1. The Bertz CT molecular complexity index is 1610. The fourth-order valence-electron chi connectivity index (χ4n) is 3.71. The van der Waals surface area contributed by atoms with Crippen molar-refractivity contribution >= 4 is 28.7 Å². The van der Waals surface area contributed by atoms with Crippen molar-refractivity contribution in [1.82, 2.24) is 18.7 Å². The highest BCUT2D eigenvalue weighted by Crippen LogP contribution is 2.31. The molecule has 0 unspecified atom stereocenters. The van der Waals surface area contributed by atoms with Gasteiger partial charge in [0.1, 0.15) is 6.54 Å². The number of anilines is 1. The first-order valence-electron chi connectivity index (χ1n) is 10.8. The number of esters is 1. The molecule has 4 rings (SSSR count). The van der Waals surface area contributed by atoms with E-state index >= 15 is 0 Å². The Morgan fingerprint density at radius 2 is 1.73 bits per heavy atom. The molecule has 4 aromatic rings. The summed E-state index contributed by atoms with van der Waals surface area (Å²) >= 11 is 0. The molecule has 1 atom stereocenters. The summed E-state index contributed by atoms with van der Waals surface area (Å²) in [6, 6.07) is 11.9. The monoisotopic (exact) mass is 515 g/mol. The van der Waals surface area contributed by atoms with Crippen molar-refractivity contribution in [2.45, 2.75) is 18.8 Å². The summed E-state index contributed by atoms with van der Waals surface area (Å²) in [5.74, 6) is -1.81. The molecule has 1 amide bonds. The number of alkyl halides is 3. The van der Waals surface area contributed by atoms with E-state index in [0.717, 1.165) is 27.3 Å². The van der Waals surface area contributed by atoms with Gasteiger partial charge in [0.15, 0.2) is 11.2 Å². The van der Waals surface area contributed by atoms with Crippen LogP contribution in [0.4, 0.5) is 18.9 Å². The van der Waals surface area contributed by atoms with Gasteiger partial charge in [-0.3, -0.25) is 23.5 Å². The lowest BCUT2D eigenvalue weighted by atomic mass is 10.1. The zero-order valence-electron chi connectivity index (χ0n) is 19.5. The summed E-state index contributed by atoms with van der Waals surface area (Å²) in [5.41, 5.74) is -2.06. The highest BCUT2D eigenvalue weighted by Gasteiger charge is 2.31. The number of rotatable bonds is 6. The first kappa shape index (κ1) is 25.4. The van der Waals surface area contributed by atoms with Crippen LogP contribution in [-0.4, -0.2) is 30.6 Å². The normalized spacial score (nSPS) is 12.4. The molecule has 0 aliphatic rings. The quantitative estimate of drug-likeness (QED) is 0.394. The van der Waals surface area contributed by atoms with Gasteiger partial charge in [0.2, 0.25) is 6.10 Å². The average molecular weight is 515 g/mol. The van der Waals surface area contributed by atoms with Crippen LogP contribution in [0.3, 0.4) is 0 Å². The number of carbonyl (C=O) groups is 2. The number of aryl methyl sites for hydroxylation is 1. The Morgan fingerprint density at radius 3 is 2.41 bits per heavy atom. The first-order valence-corrected chi connectivity index (χ1v) is 10.8. The van der Waals surface area contributed by atoms with Crippen molar-refractivity contribution in [2.75, 3.05) is 5.32 Å². The molecule has 0 aliphatic carbocycles. The molecule has 0 saturated carbocycles. The fraction of sp³-hybridized carbons (Fsp3) is 0.208. The number of hydrogen-bond donors (Lipinski definition) is 1. The van der Waals surface area contributed by atoms with Crippen LogP contribution in [0.5, 0.6) is 0 Å². The number of ether oxygens (including phenoxy) is 1. The van der Waals surface area contributed by atoms with Crippen molar-refractivity contribution in [2.24, 2.45) is 14.1 Å². The van der Waals surface area contributed by atoms with Crippen LogP contribution in [-0.2, 0) is 41.1 Å². The number of nitrogens with one attached hydrogen (secondary N) is 1. The molecule has 10 nitrogen and oxygen atoms in total. The zero-order valence-corrected chi connectivity index (χ0v) is 19.5. The van der Waals surface area contributed by atoms with Crippen molar-refractivity contribution in [3.8, 4) is 0 Å². The molecule has 0 bridgehead atoms. The lowest BCUT2D eigenvalue weighted by Gasteiger charge is -2.19. The molecule has 13 heteroatoms. The van der Waals surface area contributed by atoms with Crippen LogP contribution in [0.25, 0.3) is 11.2 Å². The maximum atomic E-state index is 13.1. The van der Waals surface area contributed by atoms with E-state index in [1.807, 2.05) is 0 Å². The van der Waals surface area contributed by atoms with E-state index in [1.165, 1.54) is 43.2 Å². The smallest absolute Gasteiger partial charge is 0.416 e. The summed E-state index contributed by atoms with van der Waals surface area (Å²) < 4.78 is 47.8. The van der Waals surface area contributed by atoms with E-state index in [2.05, 4.69) is 10.3 Å². The number of nitrogens with zero attached hydrogens (tertiary/aromatic N) is 4. The SMILES string of the molecule is Cn1c(=O)c2c(ncn2CC(=O)O[C@@H](C(=O)Nc2cccc(C(F)(F)F)c2)c2ccccc2)n(C)c1=O. The van der Waals surface area contributed by atoms with Crippen molar-refractivity contribution < 1.29 is 27.5 Å². The Kier molecular flexibility index (Phi) is 6.70. The Balaban J connectivity index is 1.61. The summed E-state index contributed by atoms with van der Waals surface area (Å²) in [6.07, 6.45) is -4.93. The number of benzene rings is 2. The van der Waals surface area contributed by atoms with Crippen molar-refractivity contribution in [3.63, 3.8) is 0 Å². The highest BCUT2D eigenvalue weighted by atomic mass is 19.4. The fourth-order valence-corrected chi connectivity index (χ4v) is 3.71. The Hall–Kier alpha value is -4.68. The number of carbonyl (C=O) groups excluding carboxylic acids is 2. The van der Waals surface area contributed by atoms with Crippen LogP contribution in [0.2, 0.25) is 0 Å².